The fourth-order valence-corrected chi connectivity index (χ4v) is 3.23. The largest absolute Gasteiger partial charge is 0.462 e. The summed E-state index contributed by atoms with van der Waals surface area (Å²) in [4.78, 5) is 50.0. The van der Waals surface area contributed by atoms with Gasteiger partial charge in [-0.25, -0.2) is 4.79 Å². The second-order valence-corrected chi connectivity index (χ2v) is 7.20. The van der Waals surface area contributed by atoms with Crippen LogP contribution in [-0.2, 0) is 20.7 Å². The number of amides is 3. The molecular formula is C23H24N2O5. The second-order valence-electron chi connectivity index (χ2n) is 7.20. The molecule has 0 aliphatic carbocycles. The van der Waals surface area contributed by atoms with Crippen LogP contribution in [0.2, 0.25) is 0 Å². The molecule has 0 spiro atoms. The predicted molar refractivity (Wildman–Crippen MR) is 110 cm³/mol. The van der Waals surface area contributed by atoms with E-state index in [9.17, 15) is 19.2 Å². The summed E-state index contributed by atoms with van der Waals surface area (Å²) in [6, 6.07) is 13.4. The van der Waals surface area contributed by atoms with Gasteiger partial charge in [0.25, 0.3) is 11.8 Å². The summed E-state index contributed by atoms with van der Waals surface area (Å²) in [7, 11) is 0. The van der Waals surface area contributed by atoms with Crippen molar-refractivity contribution >= 4 is 23.7 Å². The zero-order valence-electron chi connectivity index (χ0n) is 17.0. The van der Waals surface area contributed by atoms with Crippen LogP contribution < -0.4 is 5.32 Å². The second kappa shape index (κ2) is 9.35. The fraction of sp³-hybridized carbons (Fsp3) is 0.304. The van der Waals surface area contributed by atoms with Gasteiger partial charge in [0.15, 0.2) is 0 Å². The normalized spacial score (nSPS) is 13.7. The highest BCUT2D eigenvalue weighted by molar-refractivity contribution is 6.22. The van der Waals surface area contributed by atoms with Crippen LogP contribution in [0.5, 0.6) is 0 Å². The maximum Gasteiger partial charge on any atom is 0.329 e. The highest BCUT2D eigenvalue weighted by Crippen LogP contribution is 2.24. The summed E-state index contributed by atoms with van der Waals surface area (Å²) in [5.74, 6) is -1.85. The van der Waals surface area contributed by atoms with Crippen molar-refractivity contribution in [1.29, 1.82) is 0 Å². The molecule has 1 unspecified atom stereocenters. The number of nitrogens with zero attached hydrogens (tertiary/aromatic N) is 1. The van der Waals surface area contributed by atoms with Gasteiger partial charge in [0.2, 0.25) is 5.91 Å². The Morgan fingerprint density at radius 3 is 2.20 bits per heavy atom. The van der Waals surface area contributed by atoms with Gasteiger partial charge in [-0.2, -0.15) is 0 Å². The quantitative estimate of drug-likeness (QED) is 0.411. The van der Waals surface area contributed by atoms with E-state index in [1.165, 1.54) is 12.5 Å². The average molecular weight is 408 g/mol. The Balaban J connectivity index is 1.40. The minimum absolute atomic E-state index is 0.0391. The third-order valence-corrected chi connectivity index (χ3v) is 4.98. The van der Waals surface area contributed by atoms with Gasteiger partial charge in [-0.05, 0) is 38.0 Å². The van der Waals surface area contributed by atoms with Crippen LogP contribution in [0.25, 0.3) is 0 Å². The van der Waals surface area contributed by atoms with Crippen LogP contribution in [0.3, 0.4) is 0 Å². The monoisotopic (exact) mass is 408 g/mol. The SMILES string of the molecule is Cc1ccc(CCC(=O)NCCOC(=O)C(C)N2C(=O)c3ccccc3C2=O)cc1. The van der Waals surface area contributed by atoms with Gasteiger partial charge < -0.3 is 10.1 Å². The first-order chi connectivity index (χ1) is 14.4. The lowest BCUT2D eigenvalue weighted by molar-refractivity contribution is -0.147. The van der Waals surface area contributed by atoms with Gasteiger partial charge in [-0.1, -0.05) is 42.0 Å². The van der Waals surface area contributed by atoms with E-state index in [1.807, 2.05) is 31.2 Å². The molecule has 2 aromatic rings. The molecule has 0 radical (unpaired) electrons. The molecule has 1 atom stereocenters. The molecule has 7 heteroatoms. The molecule has 0 aromatic heterocycles. The number of hydrogen-bond acceptors (Lipinski definition) is 5. The summed E-state index contributed by atoms with van der Waals surface area (Å²) in [5.41, 5.74) is 2.81. The summed E-state index contributed by atoms with van der Waals surface area (Å²) in [6.07, 6.45) is 0.963. The smallest absolute Gasteiger partial charge is 0.329 e. The van der Waals surface area contributed by atoms with Crippen molar-refractivity contribution in [3.8, 4) is 0 Å². The van der Waals surface area contributed by atoms with E-state index in [1.54, 1.807) is 24.3 Å². The van der Waals surface area contributed by atoms with Crippen molar-refractivity contribution < 1.29 is 23.9 Å². The van der Waals surface area contributed by atoms with E-state index in [-0.39, 0.29) is 30.2 Å². The molecule has 0 saturated carbocycles. The number of imide groups is 1. The predicted octanol–water partition coefficient (Wildman–Crippen LogP) is 2.27. The lowest BCUT2D eigenvalue weighted by atomic mass is 10.1. The summed E-state index contributed by atoms with van der Waals surface area (Å²) in [6.45, 7) is 3.58. The third-order valence-electron chi connectivity index (χ3n) is 4.98. The van der Waals surface area contributed by atoms with Crippen molar-refractivity contribution in [3.05, 3.63) is 70.8 Å². The van der Waals surface area contributed by atoms with E-state index in [0.717, 1.165) is 10.5 Å². The third kappa shape index (κ3) is 4.74. The maximum absolute atomic E-state index is 12.4. The van der Waals surface area contributed by atoms with Gasteiger partial charge in [0.05, 0.1) is 17.7 Å². The summed E-state index contributed by atoms with van der Waals surface area (Å²) in [5, 5.41) is 2.70. The number of ether oxygens (including phenoxy) is 1. The molecule has 1 aliphatic heterocycles. The van der Waals surface area contributed by atoms with E-state index in [0.29, 0.717) is 12.8 Å². The van der Waals surface area contributed by atoms with E-state index in [2.05, 4.69) is 5.32 Å². The molecule has 2 aromatic carbocycles. The van der Waals surface area contributed by atoms with Crippen LogP contribution in [-0.4, -0.2) is 47.8 Å². The van der Waals surface area contributed by atoms with Gasteiger partial charge in [-0.15, -0.1) is 0 Å². The Hall–Kier alpha value is -3.48. The van der Waals surface area contributed by atoms with Gasteiger partial charge in [0, 0.05) is 6.42 Å². The number of carbonyl (C=O) groups excluding carboxylic acids is 4. The number of hydrogen-bond donors (Lipinski definition) is 1. The number of rotatable bonds is 8. The average Bonchev–Trinajstić information content (AvgIpc) is 3.00. The summed E-state index contributed by atoms with van der Waals surface area (Å²) >= 11 is 0. The topological polar surface area (TPSA) is 92.8 Å². The lowest BCUT2D eigenvalue weighted by Crippen LogP contribution is -2.44. The first kappa shape index (κ1) is 21.2. The highest BCUT2D eigenvalue weighted by Gasteiger charge is 2.41. The lowest BCUT2D eigenvalue weighted by Gasteiger charge is -2.20. The molecule has 0 bridgehead atoms. The number of benzene rings is 2. The van der Waals surface area contributed by atoms with Crippen LogP contribution in [0.4, 0.5) is 0 Å². The van der Waals surface area contributed by atoms with Crippen LogP contribution >= 0.6 is 0 Å². The van der Waals surface area contributed by atoms with E-state index < -0.39 is 23.8 Å². The van der Waals surface area contributed by atoms with Gasteiger partial charge in [0.1, 0.15) is 12.6 Å². The van der Waals surface area contributed by atoms with Crippen LogP contribution in [0, 0.1) is 6.92 Å². The minimum Gasteiger partial charge on any atom is -0.462 e. The molecular weight excluding hydrogens is 384 g/mol. The fourth-order valence-electron chi connectivity index (χ4n) is 3.23. The van der Waals surface area contributed by atoms with Crippen molar-refractivity contribution in [3.63, 3.8) is 0 Å². The zero-order chi connectivity index (χ0) is 21.7. The van der Waals surface area contributed by atoms with Gasteiger partial charge in [-0.3, -0.25) is 19.3 Å². The molecule has 0 saturated heterocycles. The van der Waals surface area contributed by atoms with Gasteiger partial charge >= 0.3 is 5.97 Å². The molecule has 156 valence electrons. The first-order valence-electron chi connectivity index (χ1n) is 9.84. The standard InChI is InChI=1S/C23H24N2O5/c1-15-7-9-17(10-8-15)11-12-20(26)24-13-14-30-23(29)16(2)25-21(27)18-5-3-4-6-19(18)22(25)28/h3-10,16H,11-14H2,1-2H3,(H,24,26). The minimum atomic E-state index is -1.05. The maximum atomic E-state index is 12.4. The molecule has 1 N–H and O–H groups in total. The Morgan fingerprint density at radius 1 is 1.00 bits per heavy atom. The molecule has 1 aliphatic rings. The number of nitrogens with one attached hydrogen (secondary N) is 1. The molecule has 1 heterocycles. The first-order valence-corrected chi connectivity index (χ1v) is 9.84. The number of aryl methyl sites for hydroxylation is 2. The zero-order valence-corrected chi connectivity index (χ0v) is 17.0. The van der Waals surface area contributed by atoms with Crippen LogP contribution in [0.15, 0.2) is 48.5 Å². The highest BCUT2D eigenvalue weighted by atomic mass is 16.5. The number of fused-ring (bicyclic) bond motifs is 1. The van der Waals surface area contributed by atoms with Crippen molar-refractivity contribution in [1.82, 2.24) is 10.2 Å². The van der Waals surface area contributed by atoms with Crippen molar-refractivity contribution in [2.45, 2.75) is 32.7 Å². The Morgan fingerprint density at radius 2 is 1.60 bits per heavy atom. The Labute approximate surface area is 175 Å². The number of carbonyl (C=O) groups is 4. The molecule has 0 fully saturated rings. The Kier molecular flexibility index (Phi) is 6.61. The molecule has 30 heavy (non-hydrogen) atoms. The van der Waals surface area contributed by atoms with Crippen molar-refractivity contribution in [2.75, 3.05) is 13.2 Å². The molecule has 3 amide bonds. The van der Waals surface area contributed by atoms with Crippen LogP contribution in [0.1, 0.15) is 45.2 Å². The molecule has 7 nitrogen and oxygen atoms in total. The number of esters is 1. The van der Waals surface area contributed by atoms with E-state index >= 15 is 0 Å². The molecule has 3 rings (SSSR count). The summed E-state index contributed by atoms with van der Waals surface area (Å²) < 4.78 is 5.14. The van der Waals surface area contributed by atoms with Crippen molar-refractivity contribution in [2.24, 2.45) is 0 Å². The Bertz CT molecular complexity index is 933. The van der Waals surface area contributed by atoms with E-state index in [4.69, 9.17) is 4.74 Å².